The Morgan fingerprint density at radius 2 is 1.46 bits per heavy atom. The van der Waals surface area contributed by atoms with E-state index in [-0.39, 0.29) is 5.57 Å². The number of rotatable bonds is 3. The van der Waals surface area contributed by atoms with Crippen molar-refractivity contribution in [2.45, 2.75) is 12.8 Å². The van der Waals surface area contributed by atoms with Crippen molar-refractivity contribution >= 4 is 46.9 Å². The van der Waals surface area contributed by atoms with Crippen LogP contribution in [0, 0.1) is 0 Å². The topological polar surface area (TPSA) is 69.7 Å². The predicted octanol–water partition coefficient (Wildman–Crippen LogP) is 3.61. The lowest BCUT2D eigenvalue weighted by Gasteiger charge is -2.26. The number of halogens is 1. The molecule has 7 heteroatoms. The van der Waals surface area contributed by atoms with Crippen molar-refractivity contribution in [2.75, 3.05) is 22.9 Å². The van der Waals surface area contributed by atoms with E-state index in [0.717, 1.165) is 23.7 Å². The molecule has 4 rings (SSSR count). The molecule has 2 heterocycles. The van der Waals surface area contributed by atoms with Gasteiger partial charge in [0.15, 0.2) is 0 Å². The third-order valence-corrected chi connectivity index (χ3v) is 5.11. The third kappa shape index (κ3) is 3.51. The number of urea groups is 1. The number of nitrogens with one attached hydrogen (secondary N) is 1. The third-order valence-electron chi connectivity index (χ3n) is 4.86. The molecule has 0 unspecified atom stereocenters. The van der Waals surface area contributed by atoms with Gasteiger partial charge in [-0.25, -0.2) is 9.69 Å². The van der Waals surface area contributed by atoms with E-state index in [1.54, 1.807) is 24.3 Å². The molecule has 2 aliphatic heterocycles. The lowest BCUT2D eigenvalue weighted by molar-refractivity contribution is -0.122. The first-order valence-electron chi connectivity index (χ1n) is 9.05. The molecule has 0 atom stereocenters. The van der Waals surface area contributed by atoms with E-state index in [0.29, 0.717) is 16.3 Å². The second-order valence-electron chi connectivity index (χ2n) is 6.72. The fourth-order valence-corrected chi connectivity index (χ4v) is 3.53. The number of hydrogen-bond acceptors (Lipinski definition) is 4. The first kappa shape index (κ1) is 18.3. The van der Waals surface area contributed by atoms with Crippen molar-refractivity contribution in [1.29, 1.82) is 0 Å². The lowest BCUT2D eigenvalue weighted by Crippen LogP contribution is -2.54. The molecular formula is C21H18ClN3O3. The maximum Gasteiger partial charge on any atom is 0.335 e. The Hall–Kier alpha value is -3.12. The first-order valence-corrected chi connectivity index (χ1v) is 9.43. The summed E-state index contributed by atoms with van der Waals surface area (Å²) in [7, 11) is 0. The summed E-state index contributed by atoms with van der Waals surface area (Å²) in [6.45, 7) is 2.08. The van der Waals surface area contributed by atoms with Crippen LogP contribution in [0.5, 0.6) is 0 Å². The van der Waals surface area contributed by atoms with Gasteiger partial charge in [-0.1, -0.05) is 23.7 Å². The van der Waals surface area contributed by atoms with Crippen LogP contribution in [0.25, 0.3) is 6.08 Å². The highest BCUT2D eigenvalue weighted by molar-refractivity contribution is 6.39. The maximum absolute atomic E-state index is 12.8. The van der Waals surface area contributed by atoms with Crippen LogP contribution in [-0.4, -0.2) is 30.9 Å². The molecule has 0 bridgehead atoms. The summed E-state index contributed by atoms with van der Waals surface area (Å²) in [6.07, 6.45) is 3.88. The van der Waals surface area contributed by atoms with Gasteiger partial charge in [-0.05, 0) is 60.9 Å². The van der Waals surface area contributed by atoms with Crippen molar-refractivity contribution in [2.24, 2.45) is 0 Å². The molecule has 0 aliphatic carbocycles. The number of nitrogens with zero attached hydrogens (tertiary/aromatic N) is 2. The minimum absolute atomic E-state index is 0.0940. The summed E-state index contributed by atoms with van der Waals surface area (Å²) in [5, 5.41) is 2.70. The van der Waals surface area contributed by atoms with Gasteiger partial charge in [-0.2, -0.15) is 0 Å². The van der Waals surface area contributed by atoms with Crippen LogP contribution in [0.2, 0.25) is 5.02 Å². The van der Waals surface area contributed by atoms with Crippen LogP contribution in [0.15, 0.2) is 54.1 Å². The van der Waals surface area contributed by atoms with Gasteiger partial charge in [0, 0.05) is 23.8 Å². The van der Waals surface area contributed by atoms with Gasteiger partial charge in [-0.15, -0.1) is 0 Å². The number of benzene rings is 2. The molecule has 0 saturated carbocycles. The quantitative estimate of drug-likeness (QED) is 0.636. The minimum atomic E-state index is -0.779. The Labute approximate surface area is 167 Å². The highest BCUT2D eigenvalue weighted by Gasteiger charge is 2.36. The van der Waals surface area contributed by atoms with Gasteiger partial charge in [0.05, 0.1) is 5.69 Å². The Morgan fingerprint density at radius 1 is 0.857 bits per heavy atom. The molecule has 0 spiro atoms. The molecule has 2 aromatic rings. The molecule has 2 fully saturated rings. The number of barbiturate groups is 1. The molecule has 0 aromatic heterocycles. The summed E-state index contributed by atoms with van der Waals surface area (Å²) in [5.74, 6) is -1.37. The highest BCUT2D eigenvalue weighted by atomic mass is 35.5. The Balaban J connectivity index is 1.62. The van der Waals surface area contributed by atoms with Crippen LogP contribution in [0.1, 0.15) is 18.4 Å². The van der Waals surface area contributed by atoms with Gasteiger partial charge in [-0.3, -0.25) is 14.9 Å². The zero-order valence-corrected chi connectivity index (χ0v) is 15.8. The molecule has 2 aliphatic rings. The monoisotopic (exact) mass is 395 g/mol. The highest BCUT2D eigenvalue weighted by Crippen LogP contribution is 2.25. The summed E-state index contributed by atoms with van der Waals surface area (Å²) in [5.41, 5.74) is 2.09. The second-order valence-corrected chi connectivity index (χ2v) is 7.16. The van der Waals surface area contributed by atoms with E-state index in [1.165, 1.54) is 18.9 Å². The Bertz CT molecular complexity index is 961. The first-order chi connectivity index (χ1) is 13.5. The summed E-state index contributed by atoms with van der Waals surface area (Å²) < 4.78 is 0. The minimum Gasteiger partial charge on any atom is -0.372 e. The smallest absolute Gasteiger partial charge is 0.335 e. The molecule has 4 amide bonds. The summed E-state index contributed by atoms with van der Waals surface area (Å²) in [6, 6.07) is 13.2. The normalized spacial score (nSPS) is 18.8. The maximum atomic E-state index is 12.8. The van der Waals surface area contributed by atoms with E-state index in [2.05, 4.69) is 10.2 Å². The summed E-state index contributed by atoms with van der Waals surface area (Å²) >= 11 is 5.87. The predicted molar refractivity (Wildman–Crippen MR) is 108 cm³/mol. The van der Waals surface area contributed by atoms with Crippen LogP contribution in [-0.2, 0) is 9.59 Å². The van der Waals surface area contributed by atoms with Crippen LogP contribution in [0.3, 0.4) is 0 Å². The standard InChI is InChI=1S/C21H18ClN3O3/c22-15-5-9-17(10-6-15)25-20(27)18(19(26)23-21(25)28)13-14-3-7-16(8-4-14)24-11-1-2-12-24/h3-10,13H,1-2,11-12H2,(H,23,26,28)/b18-13-. The van der Waals surface area contributed by atoms with Crippen LogP contribution >= 0.6 is 11.6 Å². The van der Waals surface area contributed by atoms with Gasteiger partial charge >= 0.3 is 6.03 Å². The average molecular weight is 396 g/mol. The lowest BCUT2D eigenvalue weighted by atomic mass is 10.1. The zero-order chi connectivity index (χ0) is 19.7. The van der Waals surface area contributed by atoms with Crippen LogP contribution < -0.4 is 15.1 Å². The molecular weight excluding hydrogens is 378 g/mol. The fraction of sp³-hybridized carbons (Fsp3) is 0.190. The SMILES string of the molecule is O=C1NC(=O)N(c2ccc(Cl)cc2)C(=O)/C1=C\c1ccc(N2CCCC2)cc1. The van der Waals surface area contributed by atoms with E-state index in [1.807, 2.05) is 24.3 Å². The molecule has 1 N–H and O–H groups in total. The second kappa shape index (κ2) is 7.48. The van der Waals surface area contributed by atoms with Gasteiger partial charge in [0.25, 0.3) is 11.8 Å². The largest absolute Gasteiger partial charge is 0.372 e. The number of carbonyl (C=O) groups excluding carboxylic acids is 3. The average Bonchev–Trinajstić information content (AvgIpc) is 3.22. The van der Waals surface area contributed by atoms with Crippen molar-refractivity contribution < 1.29 is 14.4 Å². The molecule has 0 radical (unpaired) electrons. The van der Waals surface area contributed by atoms with Crippen molar-refractivity contribution in [1.82, 2.24) is 5.32 Å². The number of anilines is 2. The molecule has 28 heavy (non-hydrogen) atoms. The summed E-state index contributed by atoms with van der Waals surface area (Å²) in [4.78, 5) is 40.5. The van der Waals surface area contributed by atoms with E-state index < -0.39 is 17.8 Å². The van der Waals surface area contributed by atoms with Crippen LogP contribution in [0.4, 0.5) is 16.2 Å². The van der Waals surface area contributed by atoms with E-state index in [4.69, 9.17) is 11.6 Å². The van der Waals surface area contributed by atoms with Gasteiger partial charge < -0.3 is 4.90 Å². The Kier molecular flexibility index (Phi) is 4.88. The molecule has 142 valence electrons. The molecule has 2 saturated heterocycles. The zero-order valence-electron chi connectivity index (χ0n) is 15.0. The number of hydrogen-bond donors (Lipinski definition) is 1. The molecule has 2 aromatic carbocycles. The number of imide groups is 2. The fourth-order valence-electron chi connectivity index (χ4n) is 3.41. The number of carbonyl (C=O) groups is 3. The Morgan fingerprint density at radius 3 is 2.11 bits per heavy atom. The van der Waals surface area contributed by atoms with E-state index in [9.17, 15) is 14.4 Å². The van der Waals surface area contributed by atoms with Gasteiger partial charge in [0.2, 0.25) is 0 Å². The van der Waals surface area contributed by atoms with Crippen molar-refractivity contribution in [3.8, 4) is 0 Å². The van der Waals surface area contributed by atoms with Crippen molar-refractivity contribution in [3.05, 3.63) is 64.7 Å². The van der Waals surface area contributed by atoms with E-state index >= 15 is 0 Å². The molecule has 6 nitrogen and oxygen atoms in total. The number of amides is 4. The van der Waals surface area contributed by atoms with Crippen molar-refractivity contribution in [3.63, 3.8) is 0 Å². The van der Waals surface area contributed by atoms with Gasteiger partial charge in [0.1, 0.15) is 5.57 Å².